The zero-order chi connectivity index (χ0) is 19.8. The van der Waals surface area contributed by atoms with Crippen molar-refractivity contribution in [2.45, 2.75) is 6.18 Å². The van der Waals surface area contributed by atoms with Gasteiger partial charge in [0.1, 0.15) is 0 Å². The molecule has 1 fully saturated rings. The first kappa shape index (κ1) is 18.6. The lowest BCUT2D eigenvalue weighted by atomic mass is 10.1. The highest BCUT2D eigenvalue weighted by atomic mass is 32.2. The van der Waals surface area contributed by atoms with Gasteiger partial charge >= 0.3 is 6.18 Å². The van der Waals surface area contributed by atoms with Crippen LogP contribution in [0, 0.1) is 15.5 Å². The average Bonchev–Trinajstić information content (AvgIpc) is 2.88. The minimum atomic E-state index is -4.56. The van der Waals surface area contributed by atoms with Crippen molar-refractivity contribution in [3.8, 4) is 0 Å². The van der Waals surface area contributed by atoms with Crippen LogP contribution in [-0.2, 0) is 11.0 Å². The summed E-state index contributed by atoms with van der Waals surface area (Å²) in [5.41, 5.74) is -0.589. The highest BCUT2D eigenvalue weighted by Crippen LogP contribution is 2.37. The molecule has 0 radical (unpaired) electrons. The molecule has 1 heterocycles. The number of hydrogen-bond donors (Lipinski definition) is 1. The van der Waals surface area contributed by atoms with Crippen molar-refractivity contribution in [2.75, 3.05) is 4.90 Å². The number of carbonyl (C=O) groups excluding carboxylic acids is 1. The first-order chi connectivity index (χ1) is 12.7. The first-order valence-corrected chi connectivity index (χ1v) is 8.23. The molecule has 3 rings (SSSR count). The second-order valence-electron chi connectivity index (χ2n) is 5.45. The fourth-order valence-electron chi connectivity index (χ4n) is 2.39. The van der Waals surface area contributed by atoms with Gasteiger partial charge in [0.25, 0.3) is 11.6 Å². The number of halogens is 3. The molecule has 0 unspecified atom stereocenters. The Labute approximate surface area is 154 Å². The van der Waals surface area contributed by atoms with Crippen LogP contribution < -0.4 is 4.90 Å². The SMILES string of the molecule is N=C1SC(=Cc2ccc([N+](=O)[O-])cc2)C(=O)N1c1cccc(C(F)(F)F)c1. The third-order valence-electron chi connectivity index (χ3n) is 3.66. The standard InChI is InChI=1S/C17H10F3N3O3S/c18-17(19,20)11-2-1-3-13(9-11)22-15(24)14(27-16(22)21)8-10-4-6-12(7-5-10)23(25)26/h1-9,21H. The van der Waals surface area contributed by atoms with Gasteiger partial charge in [0.2, 0.25) is 0 Å². The number of amides is 1. The Bertz CT molecular complexity index is 971. The normalized spacial score (nSPS) is 16.3. The second kappa shape index (κ2) is 6.88. The second-order valence-corrected chi connectivity index (χ2v) is 6.48. The Kier molecular flexibility index (Phi) is 4.75. The number of alkyl halides is 3. The molecule has 1 saturated heterocycles. The number of nitro groups is 1. The number of carbonyl (C=O) groups is 1. The molecule has 1 amide bonds. The lowest BCUT2D eigenvalue weighted by molar-refractivity contribution is -0.384. The maximum atomic E-state index is 12.9. The summed E-state index contributed by atoms with van der Waals surface area (Å²) in [5.74, 6) is -0.636. The minimum Gasteiger partial charge on any atom is -0.278 e. The Morgan fingerprint density at radius 3 is 2.41 bits per heavy atom. The molecular formula is C17H10F3N3O3S. The molecule has 2 aromatic carbocycles. The first-order valence-electron chi connectivity index (χ1n) is 7.41. The van der Waals surface area contributed by atoms with Crippen molar-refractivity contribution in [2.24, 2.45) is 0 Å². The van der Waals surface area contributed by atoms with Gasteiger partial charge in [0.15, 0.2) is 5.17 Å². The smallest absolute Gasteiger partial charge is 0.278 e. The quantitative estimate of drug-likeness (QED) is 0.466. The Hall–Kier alpha value is -3.14. The van der Waals surface area contributed by atoms with Crippen molar-refractivity contribution >= 4 is 40.3 Å². The van der Waals surface area contributed by atoms with Crippen molar-refractivity contribution in [3.05, 3.63) is 74.7 Å². The van der Waals surface area contributed by atoms with E-state index in [2.05, 4.69) is 0 Å². The van der Waals surface area contributed by atoms with Crippen LogP contribution in [0.25, 0.3) is 6.08 Å². The third kappa shape index (κ3) is 3.85. The summed E-state index contributed by atoms with van der Waals surface area (Å²) in [6.45, 7) is 0. The molecule has 27 heavy (non-hydrogen) atoms. The number of nitro benzene ring substituents is 1. The monoisotopic (exact) mass is 393 g/mol. The summed E-state index contributed by atoms with van der Waals surface area (Å²) in [7, 11) is 0. The van der Waals surface area contributed by atoms with Gasteiger partial charge in [-0.3, -0.25) is 25.2 Å². The number of hydrogen-bond acceptors (Lipinski definition) is 5. The van der Waals surface area contributed by atoms with E-state index in [1.165, 1.54) is 42.5 Å². The van der Waals surface area contributed by atoms with Crippen LogP contribution in [0.5, 0.6) is 0 Å². The molecule has 1 N–H and O–H groups in total. The maximum absolute atomic E-state index is 12.9. The molecule has 0 bridgehead atoms. The zero-order valence-electron chi connectivity index (χ0n) is 13.4. The molecule has 2 aromatic rings. The molecule has 138 valence electrons. The molecular weight excluding hydrogens is 383 g/mol. The number of amidine groups is 1. The van der Waals surface area contributed by atoms with Crippen molar-refractivity contribution in [1.82, 2.24) is 0 Å². The summed E-state index contributed by atoms with van der Waals surface area (Å²) in [4.78, 5) is 23.7. The number of nitrogens with one attached hydrogen (secondary N) is 1. The Balaban J connectivity index is 1.90. The van der Waals surface area contributed by atoms with Gasteiger partial charge in [0.05, 0.1) is 21.1 Å². The zero-order valence-corrected chi connectivity index (χ0v) is 14.2. The van der Waals surface area contributed by atoms with Crippen molar-refractivity contribution in [1.29, 1.82) is 5.41 Å². The molecule has 0 aliphatic carbocycles. The fourth-order valence-corrected chi connectivity index (χ4v) is 3.25. The minimum absolute atomic E-state index is 0.0561. The van der Waals surface area contributed by atoms with Crippen LogP contribution >= 0.6 is 11.8 Å². The predicted octanol–water partition coefficient (Wildman–Crippen LogP) is 4.67. The van der Waals surface area contributed by atoms with Gasteiger partial charge in [-0.1, -0.05) is 6.07 Å². The van der Waals surface area contributed by atoms with E-state index >= 15 is 0 Å². The van der Waals surface area contributed by atoms with E-state index in [0.29, 0.717) is 5.56 Å². The highest BCUT2D eigenvalue weighted by molar-refractivity contribution is 8.19. The van der Waals surface area contributed by atoms with Gasteiger partial charge in [-0.2, -0.15) is 13.2 Å². The number of benzene rings is 2. The third-order valence-corrected chi connectivity index (χ3v) is 4.55. The average molecular weight is 393 g/mol. The van der Waals surface area contributed by atoms with Crippen LogP contribution in [-0.4, -0.2) is 16.0 Å². The fraction of sp³-hybridized carbons (Fsp3) is 0.0588. The van der Waals surface area contributed by atoms with Gasteiger partial charge in [-0.05, 0) is 53.7 Å². The topological polar surface area (TPSA) is 87.3 Å². The van der Waals surface area contributed by atoms with Gasteiger partial charge in [-0.25, -0.2) is 0 Å². The molecule has 0 aromatic heterocycles. The van der Waals surface area contributed by atoms with Crippen LogP contribution in [0.3, 0.4) is 0 Å². The van der Waals surface area contributed by atoms with E-state index in [0.717, 1.165) is 28.8 Å². The predicted molar refractivity (Wildman–Crippen MR) is 95.3 cm³/mol. The van der Waals surface area contributed by atoms with Gasteiger partial charge in [0, 0.05) is 12.1 Å². The summed E-state index contributed by atoms with van der Waals surface area (Å²) < 4.78 is 38.6. The molecule has 6 nitrogen and oxygen atoms in total. The van der Waals surface area contributed by atoms with E-state index in [4.69, 9.17) is 5.41 Å². The summed E-state index contributed by atoms with van der Waals surface area (Å²) in [5, 5.41) is 18.4. The summed E-state index contributed by atoms with van der Waals surface area (Å²) in [6.07, 6.45) is -3.13. The number of non-ortho nitro benzene ring substituents is 1. The summed E-state index contributed by atoms with van der Waals surface area (Å²) >= 11 is 0.801. The maximum Gasteiger partial charge on any atom is 0.416 e. The molecule has 1 aliphatic rings. The van der Waals surface area contributed by atoms with E-state index in [-0.39, 0.29) is 21.4 Å². The molecule has 10 heteroatoms. The molecule has 0 atom stereocenters. The highest BCUT2D eigenvalue weighted by Gasteiger charge is 2.36. The van der Waals surface area contributed by atoms with Crippen molar-refractivity contribution < 1.29 is 22.9 Å². The molecule has 0 spiro atoms. The van der Waals surface area contributed by atoms with E-state index in [1.807, 2.05) is 0 Å². The number of nitrogens with zero attached hydrogens (tertiary/aromatic N) is 2. The lowest BCUT2D eigenvalue weighted by Crippen LogP contribution is -2.28. The number of thioether (sulfide) groups is 1. The van der Waals surface area contributed by atoms with E-state index in [1.54, 1.807) is 0 Å². The molecule has 0 saturated carbocycles. The largest absolute Gasteiger partial charge is 0.416 e. The number of rotatable bonds is 3. The number of anilines is 1. The summed E-state index contributed by atoms with van der Waals surface area (Å²) in [6, 6.07) is 9.60. The van der Waals surface area contributed by atoms with E-state index in [9.17, 15) is 28.1 Å². The van der Waals surface area contributed by atoms with Crippen LogP contribution in [0.1, 0.15) is 11.1 Å². The van der Waals surface area contributed by atoms with Crippen molar-refractivity contribution in [3.63, 3.8) is 0 Å². The van der Waals surface area contributed by atoms with E-state index < -0.39 is 22.6 Å². The van der Waals surface area contributed by atoms with Gasteiger partial charge in [-0.15, -0.1) is 0 Å². The van der Waals surface area contributed by atoms with Crippen LogP contribution in [0.15, 0.2) is 53.4 Å². The lowest BCUT2D eigenvalue weighted by Gasteiger charge is -2.16. The van der Waals surface area contributed by atoms with Gasteiger partial charge < -0.3 is 0 Å². The van der Waals surface area contributed by atoms with Crippen LogP contribution in [0.2, 0.25) is 0 Å². The Morgan fingerprint density at radius 1 is 1.15 bits per heavy atom. The Morgan fingerprint density at radius 2 is 1.81 bits per heavy atom. The molecule has 1 aliphatic heterocycles. The van der Waals surface area contributed by atoms with Crippen LogP contribution in [0.4, 0.5) is 24.5 Å².